The summed E-state index contributed by atoms with van der Waals surface area (Å²) in [6.45, 7) is 0.572. The van der Waals surface area contributed by atoms with Gasteiger partial charge in [0.2, 0.25) is 0 Å². The zero-order chi connectivity index (χ0) is 17.9. The highest BCUT2D eigenvalue weighted by atomic mass is 32.2. The summed E-state index contributed by atoms with van der Waals surface area (Å²) in [5, 5.41) is 10.2. The van der Waals surface area contributed by atoms with Crippen molar-refractivity contribution in [2.45, 2.75) is 18.2 Å². The van der Waals surface area contributed by atoms with Crippen LogP contribution >= 0.6 is 11.8 Å². The zero-order valence-electron chi connectivity index (χ0n) is 13.9. The van der Waals surface area contributed by atoms with Gasteiger partial charge in [-0.3, -0.25) is 4.79 Å². The van der Waals surface area contributed by atoms with Crippen molar-refractivity contribution < 1.29 is 9.21 Å². The summed E-state index contributed by atoms with van der Waals surface area (Å²) in [6, 6.07) is 17.4. The van der Waals surface area contributed by atoms with Crippen molar-refractivity contribution in [1.29, 1.82) is 5.26 Å². The maximum absolute atomic E-state index is 12.8. The summed E-state index contributed by atoms with van der Waals surface area (Å²) < 4.78 is 7.63. The standard InChI is InChI=1S/C20H15N3O2S/c21-10-5-11-23-12-15(14-6-1-3-8-17(14)23)18(24)13-26-20-22-16-7-2-4-9-19(16)25-20/h1-4,6-9,12H,5,11,13H2. The largest absolute Gasteiger partial charge is 0.431 e. The lowest BCUT2D eigenvalue weighted by Crippen LogP contribution is -2.02. The van der Waals surface area contributed by atoms with Crippen molar-refractivity contribution in [3.63, 3.8) is 0 Å². The highest BCUT2D eigenvalue weighted by Gasteiger charge is 2.16. The Kier molecular flexibility index (Phi) is 4.46. The molecule has 6 heteroatoms. The highest BCUT2D eigenvalue weighted by Crippen LogP contribution is 2.27. The first-order valence-electron chi connectivity index (χ1n) is 8.22. The predicted octanol–water partition coefficient (Wildman–Crippen LogP) is 4.67. The molecule has 2 aromatic heterocycles. The topological polar surface area (TPSA) is 71.8 Å². The molecule has 5 nitrogen and oxygen atoms in total. The molecule has 0 N–H and O–H groups in total. The van der Waals surface area contributed by atoms with Crippen LogP contribution in [0.1, 0.15) is 16.8 Å². The lowest BCUT2D eigenvalue weighted by molar-refractivity contribution is 0.102. The number of aryl methyl sites for hydroxylation is 1. The number of hydrogen-bond acceptors (Lipinski definition) is 5. The lowest BCUT2D eigenvalue weighted by atomic mass is 10.1. The van der Waals surface area contributed by atoms with Crippen LogP contribution in [0.25, 0.3) is 22.0 Å². The highest BCUT2D eigenvalue weighted by molar-refractivity contribution is 7.99. The zero-order valence-corrected chi connectivity index (χ0v) is 14.7. The minimum atomic E-state index is 0.0177. The first-order chi connectivity index (χ1) is 12.8. The Bertz CT molecular complexity index is 1100. The van der Waals surface area contributed by atoms with Crippen LogP contribution in [0.15, 0.2) is 64.4 Å². The molecular formula is C20H15N3O2S. The first kappa shape index (κ1) is 16.4. The molecule has 2 heterocycles. The molecule has 0 saturated heterocycles. The third-order valence-electron chi connectivity index (χ3n) is 4.15. The predicted molar refractivity (Wildman–Crippen MR) is 101 cm³/mol. The fourth-order valence-electron chi connectivity index (χ4n) is 2.94. The summed E-state index contributed by atoms with van der Waals surface area (Å²) in [5.41, 5.74) is 3.14. The molecule has 0 fully saturated rings. The number of aromatic nitrogens is 2. The van der Waals surface area contributed by atoms with Gasteiger partial charge in [0, 0.05) is 29.2 Å². The van der Waals surface area contributed by atoms with Crippen LogP contribution < -0.4 is 0 Å². The monoisotopic (exact) mass is 361 g/mol. The van der Waals surface area contributed by atoms with E-state index in [1.165, 1.54) is 11.8 Å². The van der Waals surface area contributed by atoms with E-state index in [4.69, 9.17) is 9.68 Å². The molecule has 2 aromatic carbocycles. The number of Topliss-reactive ketones (excluding diaryl/α,β-unsaturated/α-hetero) is 1. The summed E-state index contributed by atoms with van der Waals surface area (Å²) in [4.78, 5) is 17.2. The summed E-state index contributed by atoms with van der Waals surface area (Å²) >= 11 is 1.30. The average Bonchev–Trinajstić information content (AvgIpc) is 3.25. The molecule has 0 aliphatic carbocycles. The van der Waals surface area contributed by atoms with E-state index in [1.807, 2.05) is 59.3 Å². The number of thioether (sulfide) groups is 1. The molecule has 0 unspecified atom stereocenters. The number of hydrogen-bond donors (Lipinski definition) is 0. The molecular weight excluding hydrogens is 346 g/mol. The average molecular weight is 361 g/mol. The molecule has 4 aromatic rings. The third kappa shape index (κ3) is 3.09. The van der Waals surface area contributed by atoms with Crippen molar-refractivity contribution in [3.8, 4) is 6.07 Å². The Hall–Kier alpha value is -3.04. The Balaban J connectivity index is 1.57. The number of rotatable bonds is 6. The van der Waals surface area contributed by atoms with E-state index >= 15 is 0 Å². The van der Waals surface area contributed by atoms with E-state index in [-0.39, 0.29) is 11.5 Å². The smallest absolute Gasteiger partial charge is 0.257 e. The molecule has 0 spiro atoms. The molecule has 0 radical (unpaired) electrons. The van der Waals surface area contributed by atoms with Crippen molar-refractivity contribution in [2.24, 2.45) is 0 Å². The van der Waals surface area contributed by atoms with Gasteiger partial charge < -0.3 is 8.98 Å². The van der Waals surface area contributed by atoms with Gasteiger partial charge in [0.05, 0.1) is 18.2 Å². The van der Waals surface area contributed by atoms with Crippen LogP contribution in [0.4, 0.5) is 0 Å². The van der Waals surface area contributed by atoms with E-state index in [9.17, 15) is 4.79 Å². The van der Waals surface area contributed by atoms with Gasteiger partial charge in [-0.2, -0.15) is 5.26 Å². The maximum atomic E-state index is 12.8. The lowest BCUT2D eigenvalue weighted by Gasteiger charge is -2.00. The minimum absolute atomic E-state index is 0.0177. The molecule has 0 aliphatic rings. The summed E-state index contributed by atoms with van der Waals surface area (Å²) in [5.74, 6) is 0.267. The molecule has 128 valence electrons. The van der Waals surface area contributed by atoms with E-state index < -0.39 is 0 Å². The fraction of sp³-hybridized carbons (Fsp3) is 0.150. The number of carbonyl (C=O) groups excluding carboxylic acids is 1. The number of benzene rings is 2. The Labute approximate surface area is 154 Å². The van der Waals surface area contributed by atoms with Gasteiger partial charge in [-0.15, -0.1) is 0 Å². The normalized spacial score (nSPS) is 11.0. The van der Waals surface area contributed by atoms with Gasteiger partial charge in [-0.25, -0.2) is 4.98 Å². The van der Waals surface area contributed by atoms with E-state index in [0.29, 0.717) is 23.8 Å². The molecule has 4 rings (SSSR count). The Morgan fingerprint density at radius 1 is 1.19 bits per heavy atom. The van der Waals surface area contributed by atoms with Crippen LogP contribution in [0, 0.1) is 11.3 Å². The quantitative estimate of drug-likeness (QED) is 0.368. The number of nitriles is 1. The second-order valence-corrected chi connectivity index (χ2v) is 6.75. The number of fused-ring (bicyclic) bond motifs is 2. The van der Waals surface area contributed by atoms with E-state index in [2.05, 4.69) is 11.1 Å². The number of oxazole rings is 1. The van der Waals surface area contributed by atoms with Gasteiger partial charge in [0.1, 0.15) is 5.52 Å². The number of para-hydroxylation sites is 3. The van der Waals surface area contributed by atoms with Gasteiger partial charge in [-0.1, -0.05) is 42.1 Å². The van der Waals surface area contributed by atoms with Crippen molar-refractivity contribution in [2.75, 3.05) is 5.75 Å². The second-order valence-electron chi connectivity index (χ2n) is 5.82. The van der Waals surface area contributed by atoms with Crippen molar-refractivity contribution in [1.82, 2.24) is 9.55 Å². The molecule has 0 bridgehead atoms. The van der Waals surface area contributed by atoms with Crippen LogP contribution in [0.3, 0.4) is 0 Å². The number of nitrogens with zero attached hydrogens (tertiary/aromatic N) is 3. The third-order valence-corrected chi connectivity index (χ3v) is 4.98. The van der Waals surface area contributed by atoms with Crippen molar-refractivity contribution in [3.05, 3.63) is 60.3 Å². The van der Waals surface area contributed by atoms with Gasteiger partial charge in [0.25, 0.3) is 5.22 Å². The van der Waals surface area contributed by atoms with Crippen LogP contribution in [-0.2, 0) is 6.54 Å². The summed E-state index contributed by atoms with van der Waals surface area (Å²) in [7, 11) is 0. The SMILES string of the molecule is N#CCCn1cc(C(=O)CSc2nc3ccccc3o2)c2ccccc21. The second kappa shape index (κ2) is 7.06. The van der Waals surface area contributed by atoms with Gasteiger partial charge >= 0.3 is 0 Å². The molecule has 26 heavy (non-hydrogen) atoms. The Morgan fingerprint density at radius 2 is 2.00 bits per heavy atom. The van der Waals surface area contributed by atoms with Crippen LogP contribution in [-0.4, -0.2) is 21.1 Å². The van der Waals surface area contributed by atoms with Gasteiger partial charge in [0.15, 0.2) is 11.4 Å². The molecule has 0 saturated carbocycles. The fourth-order valence-corrected chi connectivity index (χ4v) is 3.66. The van der Waals surface area contributed by atoms with E-state index in [1.54, 1.807) is 0 Å². The number of carbonyl (C=O) groups is 1. The van der Waals surface area contributed by atoms with E-state index in [0.717, 1.165) is 22.0 Å². The van der Waals surface area contributed by atoms with Crippen molar-refractivity contribution >= 4 is 39.5 Å². The Morgan fingerprint density at radius 3 is 2.85 bits per heavy atom. The molecule has 0 atom stereocenters. The summed E-state index contributed by atoms with van der Waals surface area (Å²) in [6.07, 6.45) is 2.25. The molecule has 0 amide bonds. The van der Waals surface area contributed by atoms with Gasteiger partial charge in [-0.05, 0) is 18.2 Å². The first-order valence-corrected chi connectivity index (χ1v) is 9.21. The van der Waals surface area contributed by atoms with Crippen LogP contribution in [0.2, 0.25) is 0 Å². The maximum Gasteiger partial charge on any atom is 0.257 e. The minimum Gasteiger partial charge on any atom is -0.431 e. The van der Waals surface area contributed by atoms with Crippen LogP contribution in [0.5, 0.6) is 0 Å². The number of ketones is 1. The molecule has 0 aliphatic heterocycles.